The molecule has 1 saturated heterocycles. The lowest BCUT2D eigenvalue weighted by molar-refractivity contribution is -0.164. The molecule has 3 aromatic rings. The fraction of sp³-hybridized carbons (Fsp3) is 0.528. The van der Waals surface area contributed by atoms with Gasteiger partial charge in [0, 0.05) is 18.2 Å². The molecule has 0 aromatic heterocycles. The average molecular weight is 929 g/mol. The molecule has 2 amide bonds. The second kappa shape index (κ2) is 21.9. The number of carbonyl (C=O) groups excluding carboxylic acids is 3. The Labute approximate surface area is 390 Å². The third-order valence-corrected chi connectivity index (χ3v) is 16.3. The predicted octanol–water partition coefficient (Wildman–Crippen LogP) is 9.92. The van der Waals surface area contributed by atoms with Gasteiger partial charge in [-0.05, 0) is 161 Å². The van der Waals surface area contributed by atoms with Crippen LogP contribution in [0.25, 0.3) is 0 Å². The van der Waals surface area contributed by atoms with Crippen molar-refractivity contribution in [2.75, 3.05) is 11.4 Å². The summed E-state index contributed by atoms with van der Waals surface area (Å²) in [5.74, 6) is -0.500. The Balaban J connectivity index is 0.967. The van der Waals surface area contributed by atoms with Crippen molar-refractivity contribution in [2.24, 2.45) is 35.0 Å². The van der Waals surface area contributed by atoms with Crippen molar-refractivity contribution < 1.29 is 47.6 Å². The van der Waals surface area contributed by atoms with Crippen molar-refractivity contribution in [1.82, 2.24) is 5.32 Å². The summed E-state index contributed by atoms with van der Waals surface area (Å²) in [4.78, 5) is 41.3. The largest absolute Gasteiger partial charge is 0.544 e. The molecule has 0 spiro atoms. The second-order valence-corrected chi connectivity index (χ2v) is 24.4. The number of anilines is 1. The molecule has 1 aliphatic heterocycles. The summed E-state index contributed by atoms with van der Waals surface area (Å²) in [5, 5.41) is 35.6. The third-order valence-electron chi connectivity index (χ3n) is 14.1. The molecule has 1 fully saturated rings. The van der Waals surface area contributed by atoms with E-state index in [-0.39, 0.29) is 66.4 Å². The SMILES string of the molecule is CCC(C)(C)C(=O)OC1CC(C)C=C2C=CC(C)C(CCC(O)CC(O)CC(=O)NCC[Si](C)(C)Oc3ccc(C4C(CCC(O)c5ccc(F)cc5)C(=O)N4c4ccc(F)cc4)cc3)C21. The van der Waals surface area contributed by atoms with Crippen molar-refractivity contribution >= 4 is 31.8 Å². The fourth-order valence-electron chi connectivity index (χ4n) is 9.75. The number of nitrogens with zero attached hydrogens (tertiary/aromatic N) is 1. The van der Waals surface area contributed by atoms with E-state index < -0.39 is 49.6 Å². The Kier molecular flexibility index (Phi) is 16.9. The predicted molar refractivity (Wildman–Crippen MR) is 255 cm³/mol. The van der Waals surface area contributed by atoms with Gasteiger partial charge in [-0.1, -0.05) is 63.3 Å². The molecule has 4 N–H and O–H groups in total. The summed E-state index contributed by atoms with van der Waals surface area (Å²) in [6.45, 7) is 14.6. The Morgan fingerprint density at radius 2 is 1.56 bits per heavy atom. The molecule has 10 unspecified atom stereocenters. The summed E-state index contributed by atoms with van der Waals surface area (Å²) >= 11 is 0. The van der Waals surface area contributed by atoms with E-state index in [0.29, 0.717) is 61.7 Å². The summed E-state index contributed by atoms with van der Waals surface area (Å²) in [5.41, 5.74) is 2.62. The molecule has 0 radical (unpaired) electrons. The molecule has 358 valence electrons. The fourth-order valence-corrected chi connectivity index (χ4v) is 11.3. The lowest BCUT2D eigenvalue weighted by Gasteiger charge is -2.48. The number of esters is 1. The molecule has 13 heteroatoms. The van der Waals surface area contributed by atoms with Crippen LogP contribution in [0.3, 0.4) is 0 Å². The molecule has 3 aliphatic rings. The highest BCUT2D eigenvalue weighted by atomic mass is 28.4. The van der Waals surface area contributed by atoms with Gasteiger partial charge in [0.15, 0.2) is 0 Å². The quantitative estimate of drug-likeness (QED) is 0.0470. The van der Waals surface area contributed by atoms with Crippen LogP contribution in [0, 0.1) is 46.6 Å². The number of ether oxygens (including phenoxy) is 1. The van der Waals surface area contributed by atoms with Gasteiger partial charge in [0.05, 0.1) is 42.1 Å². The Hall–Kier alpha value is -4.69. The summed E-state index contributed by atoms with van der Waals surface area (Å²) in [6.07, 6.45) is 6.94. The van der Waals surface area contributed by atoms with E-state index in [9.17, 15) is 38.5 Å². The van der Waals surface area contributed by atoms with Crippen molar-refractivity contribution in [2.45, 2.75) is 136 Å². The molecular formula is C53H70F2N2O8Si. The van der Waals surface area contributed by atoms with Gasteiger partial charge < -0.3 is 34.7 Å². The number of aliphatic hydroxyl groups is 3. The zero-order chi connectivity index (χ0) is 47.9. The summed E-state index contributed by atoms with van der Waals surface area (Å²) in [6, 6.07) is 19.2. The van der Waals surface area contributed by atoms with E-state index in [2.05, 4.69) is 50.5 Å². The highest BCUT2D eigenvalue weighted by Gasteiger charge is 2.49. The standard InChI is InChI=1S/C53H70F2N2O8Si/c1-8-53(4,5)52(63)64-47-30-33(2)29-37-10-9-34(3)44(49(37)47)24-21-41(58)31-42(59)32-48(61)56-27-28-66(6,7)65-43-22-13-36(14-23-43)50-45(25-26-46(60)35-11-15-38(54)16-12-35)51(62)57(50)40-19-17-39(55)18-20-40/h9-20,22-23,29,33-34,41-42,44-47,49-50,58-60H,8,21,24-28,30-32H2,1-7H3,(H,56,61). The molecule has 2 aliphatic carbocycles. The molecule has 1 heterocycles. The topological polar surface area (TPSA) is 146 Å². The molecule has 0 bridgehead atoms. The van der Waals surface area contributed by atoms with Crippen molar-refractivity contribution in [3.8, 4) is 5.75 Å². The number of amides is 2. The van der Waals surface area contributed by atoms with Crippen molar-refractivity contribution in [3.05, 3.63) is 119 Å². The number of aliphatic hydroxyl groups excluding tert-OH is 3. The summed E-state index contributed by atoms with van der Waals surface area (Å²) < 4.78 is 40.0. The number of rotatable bonds is 21. The zero-order valence-corrected chi connectivity index (χ0v) is 40.6. The monoisotopic (exact) mass is 928 g/mol. The van der Waals surface area contributed by atoms with Gasteiger partial charge in [-0.15, -0.1) is 0 Å². The summed E-state index contributed by atoms with van der Waals surface area (Å²) in [7, 11) is -2.35. The average Bonchev–Trinajstić information content (AvgIpc) is 3.26. The minimum Gasteiger partial charge on any atom is -0.544 e. The van der Waals surface area contributed by atoms with Gasteiger partial charge in [-0.3, -0.25) is 14.4 Å². The van der Waals surface area contributed by atoms with Crippen molar-refractivity contribution in [3.63, 3.8) is 0 Å². The van der Waals surface area contributed by atoms with Crippen molar-refractivity contribution in [1.29, 1.82) is 0 Å². The van der Waals surface area contributed by atoms with E-state index in [1.165, 1.54) is 42.0 Å². The third kappa shape index (κ3) is 12.8. The van der Waals surface area contributed by atoms with E-state index in [1.807, 2.05) is 45.0 Å². The first-order valence-corrected chi connectivity index (χ1v) is 26.9. The van der Waals surface area contributed by atoms with Crippen LogP contribution in [0.4, 0.5) is 14.5 Å². The van der Waals surface area contributed by atoms with Gasteiger partial charge in [-0.2, -0.15) is 0 Å². The maximum atomic E-state index is 13.8. The molecular weight excluding hydrogens is 859 g/mol. The van der Waals surface area contributed by atoms with Crippen LogP contribution in [0.5, 0.6) is 5.75 Å². The number of allylic oxidation sites excluding steroid dienone is 3. The lowest BCUT2D eigenvalue weighted by Crippen LogP contribution is -2.55. The van der Waals surface area contributed by atoms with Gasteiger partial charge in [-0.25, -0.2) is 8.78 Å². The van der Waals surface area contributed by atoms with E-state index in [4.69, 9.17) is 9.16 Å². The Morgan fingerprint density at radius 1 is 0.909 bits per heavy atom. The van der Waals surface area contributed by atoms with Crippen LogP contribution in [0.15, 0.2) is 96.6 Å². The van der Waals surface area contributed by atoms with Gasteiger partial charge in [0.2, 0.25) is 20.1 Å². The second-order valence-electron chi connectivity index (χ2n) is 20.2. The van der Waals surface area contributed by atoms with Gasteiger partial charge in [0.25, 0.3) is 0 Å². The number of nitrogens with one attached hydrogen (secondary N) is 1. The first-order chi connectivity index (χ1) is 31.2. The van der Waals surface area contributed by atoms with Crippen LogP contribution >= 0.6 is 0 Å². The maximum absolute atomic E-state index is 13.8. The number of fused-ring (bicyclic) bond motifs is 1. The molecule has 0 saturated carbocycles. The van der Waals surface area contributed by atoms with Gasteiger partial charge >= 0.3 is 5.97 Å². The van der Waals surface area contributed by atoms with Gasteiger partial charge in [0.1, 0.15) is 23.5 Å². The molecule has 3 aromatic carbocycles. The minimum atomic E-state index is -2.35. The smallest absolute Gasteiger partial charge is 0.311 e. The highest BCUT2D eigenvalue weighted by molar-refractivity contribution is 6.71. The number of carbonyl (C=O) groups is 3. The first kappa shape index (κ1) is 50.7. The van der Waals surface area contributed by atoms with E-state index in [1.54, 1.807) is 17.0 Å². The van der Waals surface area contributed by atoms with Crippen LogP contribution in [-0.4, -0.2) is 66.3 Å². The number of benzene rings is 3. The van der Waals surface area contributed by atoms with E-state index >= 15 is 0 Å². The number of β-lactam (4-membered cyclic amide) rings is 1. The van der Waals surface area contributed by atoms with Crippen LogP contribution < -0.4 is 14.6 Å². The van der Waals surface area contributed by atoms with Crippen LogP contribution in [0.2, 0.25) is 19.1 Å². The minimum absolute atomic E-state index is 0.0392. The molecule has 10 atom stereocenters. The molecule has 66 heavy (non-hydrogen) atoms. The molecule has 6 rings (SSSR count). The number of hydrogen-bond acceptors (Lipinski definition) is 8. The number of halogens is 2. The lowest BCUT2D eigenvalue weighted by atomic mass is 9.65. The van der Waals surface area contributed by atoms with Crippen LogP contribution in [0.1, 0.15) is 109 Å². The Bertz CT molecular complexity index is 2180. The number of hydrogen-bond donors (Lipinski definition) is 4. The maximum Gasteiger partial charge on any atom is 0.311 e. The first-order valence-electron chi connectivity index (χ1n) is 23.8. The van der Waals surface area contributed by atoms with E-state index in [0.717, 1.165) is 12.0 Å². The van der Waals surface area contributed by atoms with Crippen LogP contribution in [-0.2, 0) is 19.1 Å². The highest BCUT2D eigenvalue weighted by Crippen LogP contribution is 2.48. The molecule has 10 nitrogen and oxygen atoms in total. The normalized spacial score (nSPS) is 24.4. The Morgan fingerprint density at radius 3 is 2.21 bits per heavy atom. The zero-order valence-electron chi connectivity index (χ0n) is 39.6.